The van der Waals surface area contributed by atoms with Gasteiger partial charge in [0.05, 0.1) is 6.04 Å². The lowest BCUT2D eigenvalue weighted by Gasteiger charge is -2.27. The number of hydrogen-bond acceptors (Lipinski definition) is 7. The Balaban J connectivity index is 5.05. The smallest absolute Gasteiger partial charge is 0.326 e. The number of carboxylic acids is 1. The van der Waals surface area contributed by atoms with Gasteiger partial charge in [-0.15, -0.1) is 0 Å². The molecule has 5 unspecified atom stereocenters. The van der Waals surface area contributed by atoms with E-state index < -0.39 is 53.8 Å². The van der Waals surface area contributed by atoms with Crippen LogP contribution in [0.2, 0.25) is 0 Å². The number of carbonyl (C=O) groups is 5. The Hall–Kier alpha value is -3.42. The standard InChI is InChI=1S/C20H38N8O6/c1-4-10(2)15(28-17(31)12(21)6-5-9-25-20(23)24)18(32)26-11(3)16(30)27-13(19(33)34)7-8-14(22)29/h10-13,15H,4-9,21H2,1-3H3,(H2,22,29)(H,26,32)(H,27,30)(H,28,31)(H,33,34)(H4,23,24,25). The van der Waals surface area contributed by atoms with Gasteiger partial charge in [-0.2, -0.15) is 0 Å². The molecule has 0 spiro atoms. The number of aliphatic imine (C=N–C) groups is 1. The molecular formula is C20H38N8O6. The Morgan fingerprint density at radius 2 is 1.53 bits per heavy atom. The number of nitrogens with two attached hydrogens (primary N) is 4. The zero-order valence-electron chi connectivity index (χ0n) is 19.9. The minimum atomic E-state index is -1.35. The van der Waals surface area contributed by atoms with Gasteiger partial charge in [-0.05, 0) is 32.1 Å². The van der Waals surface area contributed by atoms with Crippen molar-refractivity contribution in [1.29, 1.82) is 0 Å². The second kappa shape index (κ2) is 15.4. The number of guanidine groups is 1. The maximum atomic E-state index is 12.8. The summed E-state index contributed by atoms with van der Waals surface area (Å²) in [6.07, 6.45) is 0.880. The normalized spacial score (nSPS) is 15.1. The number of rotatable bonds is 16. The summed E-state index contributed by atoms with van der Waals surface area (Å²) in [4.78, 5) is 63.7. The molecule has 14 heteroatoms. The molecule has 0 aliphatic heterocycles. The molecule has 5 atom stereocenters. The molecule has 0 saturated heterocycles. The monoisotopic (exact) mass is 486 g/mol. The van der Waals surface area contributed by atoms with Crippen LogP contribution in [0.5, 0.6) is 0 Å². The highest BCUT2D eigenvalue weighted by Gasteiger charge is 2.30. The maximum absolute atomic E-state index is 12.8. The molecular weight excluding hydrogens is 448 g/mol. The molecule has 34 heavy (non-hydrogen) atoms. The van der Waals surface area contributed by atoms with Gasteiger partial charge in [-0.25, -0.2) is 4.79 Å². The number of hydrogen-bond donors (Lipinski definition) is 8. The van der Waals surface area contributed by atoms with Gasteiger partial charge in [-0.3, -0.25) is 24.2 Å². The third-order valence-corrected chi connectivity index (χ3v) is 5.14. The number of amides is 4. The van der Waals surface area contributed by atoms with Crippen molar-refractivity contribution in [2.24, 2.45) is 33.8 Å². The second-order valence-corrected chi connectivity index (χ2v) is 8.06. The number of primary amides is 1. The van der Waals surface area contributed by atoms with E-state index in [4.69, 9.17) is 22.9 Å². The molecule has 4 amide bonds. The molecule has 0 fully saturated rings. The molecule has 12 N–H and O–H groups in total. The van der Waals surface area contributed by atoms with Crippen molar-refractivity contribution in [3.63, 3.8) is 0 Å². The van der Waals surface area contributed by atoms with Crippen molar-refractivity contribution in [2.75, 3.05) is 6.54 Å². The van der Waals surface area contributed by atoms with Gasteiger partial charge in [-0.1, -0.05) is 20.3 Å². The van der Waals surface area contributed by atoms with E-state index in [9.17, 15) is 29.1 Å². The predicted octanol–water partition coefficient (Wildman–Crippen LogP) is -2.76. The van der Waals surface area contributed by atoms with Crippen molar-refractivity contribution in [1.82, 2.24) is 16.0 Å². The van der Waals surface area contributed by atoms with Crippen LogP contribution < -0.4 is 38.9 Å². The summed E-state index contributed by atoms with van der Waals surface area (Å²) >= 11 is 0. The molecule has 0 aromatic carbocycles. The molecule has 0 aromatic rings. The highest BCUT2D eigenvalue weighted by molar-refractivity contribution is 5.94. The molecule has 0 radical (unpaired) electrons. The Labute approximate surface area is 198 Å². The van der Waals surface area contributed by atoms with E-state index in [-0.39, 0.29) is 31.1 Å². The molecule has 0 aromatic heterocycles. The van der Waals surface area contributed by atoms with E-state index in [0.717, 1.165) is 0 Å². The minimum Gasteiger partial charge on any atom is -0.480 e. The predicted molar refractivity (Wildman–Crippen MR) is 125 cm³/mol. The first-order valence-corrected chi connectivity index (χ1v) is 11.0. The Bertz CT molecular complexity index is 755. The zero-order chi connectivity index (χ0) is 26.4. The van der Waals surface area contributed by atoms with E-state index in [1.807, 2.05) is 6.92 Å². The fourth-order valence-electron chi connectivity index (χ4n) is 2.82. The summed E-state index contributed by atoms with van der Waals surface area (Å²) in [5.41, 5.74) is 21.4. The average Bonchev–Trinajstić information content (AvgIpc) is 2.75. The lowest BCUT2D eigenvalue weighted by molar-refractivity contribution is -0.142. The van der Waals surface area contributed by atoms with Crippen molar-refractivity contribution in [3.05, 3.63) is 0 Å². The van der Waals surface area contributed by atoms with Gasteiger partial charge < -0.3 is 44.0 Å². The summed E-state index contributed by atoms with van der Waals surface area (Å²) in [5, 5.41) is 16.6. The van der Waals surface area contributed by atoms with Crippen LogP contribution in [0.25, 0.3) is 0 Å². The van der Waals surface area contributed by atoms with Crippen LogP contribution in [0.1, 0.15) is 52.9 Å². The van der Waals surface area contributed by atoms with Gasteiger partial charge in [0, 0.05) is 13.0 Å². The number of nitrogens with zero attached hydrogens (tertiary/aromatic N) is 1. The number of nitrogens with one attached hydrogen (secondary N) is 3. The van der Waals surface area contributed by atoms with Crippen LogP contribution in [0.15, 0.2) is 4.99 Å². The maximum Gasteiger partial charge on any atom is 0.326 e. The fourth-order valence-corrected chi connectivity index (χ4v) is 2.82. The van der Waals surface area contributed by atoms with Crippen LogP contribution in [0.4, 0.5) is 0 Å². The molecule has 194 valence electrons. The van der Waals surface area contributed by atoms with Gasteiger partial charge >= 0.3 is 5.97 Å². The largest absolute Gasteiger partial charge is 0.480 e. The van der Waals surface area contributed by atoms with Crippen LogP contribution in [0.3, 0.4) is 0 Å². The lowest BCUT2D eigenvalue weighted by atomic mass is 9.97. The third kappa shape index (κ3) is 12.0. The first-order chi connectivity index (χ1) is 15.8. The van der Waals surface area contributed by atoms with Crippen LogP contribution in [0, 0.1) is 5.92 Å². The average molecular weight is 487 g/mol. The van der Waals surface area contributed by atoms with Crippen LogP contribution in [-0.4, -0.2) is 71.4 Å². The molecule has 0 heterocycles. The molecule has 0 aliphatic rings. The minimum absolute atomic E-state index is 0.0628. The van der Waals surface area contributed by atoms with E-state index in [1.54, 1.807) is 6.92 Å². The molecule has 0 aliphatic carbocycles. The number of aliphatic carboxylic acids is 1. The van der Waals surface area contributed by atoms with Crippen LogP contribution >= 0.6 is 0 Å². The Kier molecular flexibility index (Phi) is 13.9. The van der Waals surface area contributed by atoms with E-state index in [1.165, 1.54) is 6.92 Å². The first-order valence-electron chi connectivity index (χ1n) is 11.0. The molecule has 14 nitrogen and oxygen atoms in total. The SMILES string of the molecule is CCC(C)C(NC(=O)C(N)CCCN=C(N)N)C(=O)NC(C)C(=O)NC(CCC(N)=O)C(=O)O. The fraction of sp³-hybridized carbons (Fsp3) is 0.700. The van der Waals surface area contributed by atoms with E-state index in [0.29, 0.717) is 19.4 Å². The second-order valence-electron chi connectivity index (χ2n) is 8.06. The molecule has 0 saturated carbocycles. The Morgan fingerprint density at radius 1 is 0.912 bits per heavy atom. The lowest BCUT2D eigenvalue weighted by Crippen LogP contribution is -2.58. The first kappa shape index (κ1) is 30.6. The van der Waals surface area contributed by atoms with Crippen molar-refractivity contribution in [3.8, 4) is 0 Å². The van der Waals surface area contributed by atoms with Gasteiger partial charge in [0.15, 0.2) is 5.96 Å². The number of carbonyl (C=O) groups excluding carboxylic acids is 4. The zero-order valence-corrected chi connectivity index (χ0v) is 19.9. The summed E-state index contributed by atoms with van der Waals surface area (Å²) in [6, 6.07) is -4.32. The van der Waals surface area contributed by atoms with Crippen molar-refractivity contribution < 1.29 is 29.1 Å². The summed E-state index contributed by atoms with van der Waals surface area (Å²) in [5.74, 6) is -4.32. The van der Waals surface area contributed by atoms with E-state index in [2.05, 4.69) is 20.9 Å². The summed E-state index contributed by atoms with van der Waals surface area (Å²) in [7, 11) is 0. The highest BCUT2D eigenvalue weighted by atomic mass is 16.4. The quantitative estimate of drug-likeness (QED) is 0.0637. The summed E-state index contributed by atoms with van der Waals surface area (Å²) < 4.78 is 0. The van der Waals surface area contributed by atoms with Crippen molar-refractivity contribution in [2.45, 2.75) is 77.0 Å². The van der Waals surface area contributed by atoms with E-state index >= 15 is 0 Å². The van der Waals surface area contributed by atoms with Gasteiger partial charge in [0.1, 0.15) is 18.1 Å². The van der Waals surface area contributed by atoms with Crippen molar-refractivity contribution >= 4 is 35.6 Å². The van der Waals surface area contributed by atoms with Gasteiger partial charge in [0.25, 0.3) is 0 Å². The molecule has 0 bridgehead atoms. The Morgan fingerprint density at radius 3 is 2.03 bits per heavy atom. The molecule has 0 rings (SSSR count). The highest BCUT2D eigenvalue weighted by Crippen LogP contribution is 2.09. The van der Waals surface area contributed by atoms with Gasteiger partial charge in [0.2, 0.25) is 23.6 Å². The topological polar surface area (TPSA) is 258 Å². The number of carboxylic acid groups (broad SMARTS) is 1. The summed E-state index contributed by atoms with van der Waals surface area (Å²) in [6.45, 7) is 5.26. The third-order valence-electron chi connectivity index (χ3n) is 5.14. The van der Waals surface area contributed by atoms with Crippen LogP contribution in [-0.2, 0) is 24.0 Å².